The predicted molar refractivity (Wildman–Crippen MR) is 61.0 cm³/mol. The molecule has 0 heterocycles. The first-order valence-electron chi connectivity index (χ1n) is 5.42. The molecule has 2 atom stereocenters. The Labute approximate surface area is 93.4 Å². The van der Waals surface area contributed by atoms with Gasteiger partial charge in [-0.3, -0.25) is 0 Å². The van der Waals surface area contributed by atoms with Gasteiger partial charge in [0, 0.05) is 4.43 Å². The highest BCUT2D eigenvalue weighted by molar-refractivity contribution is 14.1. The molecule has 0 aromatic carbocycles. The van der Waals surface area contributed by atoms with Crippen LogP contribution in [0.4, 0.5) is 0 Å². The molecular formula is C11H17IO. The average molecular weight is 292 g/mol. The fourth-order valence-corrected chi connectivity index (χ4v) is 5.45. The van der Waals surface area contributed by atoms with Gasteiger partial charge in [0.25, 0.3) is 0 Å². The number of rotatable bonds is 1. The highest BCUT2D eigenvalue weighted by atomic mass is 127. The third-order valence-corrected chi connectivity index (χ3v) is 6.05. The zero-order chi connectivity index (χ0) is 9.10. The van der Waals surface area contributed by atoms with Crippen molar-refractivity contribution in [1.82, 2.24) is 0 Å². The van der Waals surface area contributed by atoms with Crippen LogP contribution in [0.1, 0.15) is 38.5 Å². The van der Waals surface area contributed by atoms with Crippen molar-refractivity contribution in [3.8, 4) is 0 Å². The maximum absolute atomic E-state index is 10.4. The van der Waals surface area contributed by atoms with Gasteiger partial charge >= 0.3 is 0 Å². The first-order chi connectivity index (χ1) is 6.13. The summed E-state index contributed by atoms with van der Waals surface area (Å²) in [5.74, 6) is 1.72. The topological polar surface area (TPSA) is 20.2 Å². The number of hydrogen-bond acceptors (Lipinski definition) is 1. The zero-order valence-corrected chi connectivity index (χ0v) is 10.1. The van der Waals surface area contributed by atoms with E-state index in [4.69, 9.17) is 0 Å². The fourth-order valence-electron chi connectivity index (χ4n) is 4.56. The lowest BCUT2D eigenvalue weighted by Crippen LogP contribution is -2.56. The van der Waals surface area contributed by atoms with Crippen LogP contribution >= 0.6 is 22.6 Å². The van der Waals surface area contributed by atoms with Gasteiger partial charge < -0.3 is 5.11 Å². The standard InChI is InChI=1S/C11H17IO/c12-7-10-2-8-1-9(3-10)5-11(13,4-8)6-10/h8-9,13H,1-7H2. The number of alkyl halides is 1. The maximum atomic E-state index is 10.4. The first-order valence-corrected chi connectivity index (χ1v) is 6.94. The normalized spacial score (nSPS) is 58.6. The minimum atomic E-state index is -0.241. The Balaban J connectivity index is 1.95. The van der Waals surface area contributed by atoms with Crippen LogP contribution in [-0.2, 0) is 0 Å². The van der Waals surface area contributed by atoms with Crippen molar-refractivity contribution in [2.24, 2.45) is 17.3 Å². The van der Waals surface area contributed by atoms with Crippen LogP contribution in [0.25, 0.3) is 0 Å². The summed E-state index contributed by atoms with van der Waals surface area (Å²) >= 11 is 2.53. The van der Waals surface area contributed by atoms with Crippen LogP contribution in [0.2, 0.25) is 0 Å². The fraction of sp³-hybridized carbons (Fsp3) is 1.00. The van der Waals surface area contributed by atoms with Crippen LogP contribution in [0, 0.1) is 17.3 Å². The van der Waals surface area contributed by atoms with E-state index in [9.17, 15) is 5.11 Å². The van der Waals surface area contributed by atoms with E-state index in [-0.39, 0.29) is 5.60 Å². The van der Waals surface area contributed by atoms with Crippen LogP contribution in [0.15, 0.2) is 0 Å². The molecule has 4 bridgehead atoms. The third-order valence-electron chi connectivity index (χ3n) is 4.43. The molecule has 0 aliphatic heterocycles. The van der Waals surface area contributed by atoms with E-state index >= 15 is 0 Å². The number of halogens is 1. The van der Waals surface area contributed by atoms with Crippen molar-refractivity contribution < 1.29 is 5.11 Å². The summed E-state index contributed by atoms with van der Waals surface area (Å²) < 4.78 is 1.26. The Morgan fingerprint density at radius 3 is 2.23 bits per heavy atom. The van der Waals surface area contributed by atoms with E-state index in [2.05, 4.69) is 22.6 Å². The van der Waals surface area contributed by atoms with Gasteiger partial charge in [-0.25, -0.2) is 0 Å². The molecule has 13 heavy (non-hydrogen) atoms. The second kappa shape index (κ2) is 2.63. The smallest absolute Gasteiger partial charge is 0.0658 e. The Kier molecular flexibility index (Phi) is 1.81. The monoisotopic (exact) mass is 292 g/mol. The lowest BCUT2D eigenvalue weighted by Gasteiger charge is -2.60. The van der Waals surface area contributed by atoms with Crippen molar-refractivity contribution >= 4 is 22.6 Å². The summed E-state index contributed by atoms with van der Waals surface area (Å²) in [6.07, 6.45) is 7.57. The summed E-state index contributed by atoms with van der Waals surface area (Å²) in [5, 5.41) is 10.4. The van der Waals surface area contributed by atoms with E-state index in [1.54, 1.807) is 0 Å². The highest BCUT2D eigenvalue weighted by Crippen LogP contribution is 2.61. The van der Waals surface area contributed by atoms with Gasteiger partial charge in [0.2, 0.25) is 0 Å². The second-order valence-corrected chi connectivity index (χ2v) is 6.58. The number of aliphatic hydroxyl groups is 1. The van der Waals surface area contributed by atoms with Crippen molar-refractivity contribution in [3.63, 3.8) is 0 Å². The Morgan fingerprint density at radius 1 is 1.15 bits per heavy atom. The molecule has 4 saturated carbocycles. The minimum absolute atomic E-state index is 0.241. The van der Waals surface area contributed by atoms with Crippen molar-refractivity contribution in [3.05, 3.63) is 0 Å². The SMILES string of the molecule is OC12CC3CC(C1)CC(CI)(C3)C2. The van der Waals surface area contributed by atoms with Crippen LogP contribution in [0.5, 0.6) is 0 Å². The molecule has 0 aromatic heterocycles. The molecule has 4 aliphatic carbocycles. The minimum Gasteiger partial charge on any atom is -0.390 e. The van der Waals surface area contributed by atoms with Crippen molar-refractivity contribution in [2.45, 2.75) is 44.1 Å². The lowest BCUT2D eigenvalue weighted by atomic mass is 9.48. The van der Waals surface area contributed by atoms with E-state index in [1.807, 2.05) is 0 Å². The van der Waals surface area contributed by atoms with Crippen molar-refractivity contribution in [1.29, 1.82) is 0 Å². The van der Waals surface area contributed by atoms with Gasteiger partial charge in [-0.1, -0.05) is 22.6 Å². The van der Waals surface area contributed by atoms with Crippen LogP contribution < -0.4 is 0 Å². The average Bonchev–Trinajstić information content (AvgIpc) is 1.99. The molecule has 74 valence electrons. The van der Waals surface area contributed by atoms with E-state index in [0.29, 0.717) is 5.41 Å². The van der Waals surface area contributed by atoms with E-state index < -0.39 is 0 Å². The third kappa shape index (κ3) is 1.28. The molecule has 1 nitrogen and oxygen atoms in total. The summed E-state index contributed by atoms with van der Waals surface area (Å²) in [6.45, 7) is 0. The molecule has 4 rings (SSSR count). The van der Waals surface area contributed by atoms with Gasteiger partial charge in [-0.05, 0) is 55.8 Å². The molecule has 0 amide bonds. The summed E-state index contributed by atoms with van der Waals surface area (Å²) in [7, 11) is 0. The predicted octanol–water partition coefficient (Wildman–Crippen LogP) is 2.75. The molecule has 0 aromatic rings. The molecule has 4 aliphatic rings. The summed E-state index contributed by atoms with van der Waals surface area (Å²) in [4.78, 5) is 0. The van der Waals surface area contributed by atoms with Gasteiger partial charge in [-0.2, -0.15) is 0 Å². The molecular weight excluding hydrogens is 275 g/mol. The quantitative estimate of drug-likeness (QED) is 0.582. The zero-order valence-electron chi connectivity index (χ0n) is 7.93. The number of hydrogen-bond donors (Lipinski definition) is 1. The Hall–Kier alpha value is 0.690. The molecule has 0 spiro atoms. The molecule has 4 fully saturated rings. The highest BCUT2D eigenvalue weighted by Gasteiger charge is 2.56. The lowest BCUT2D eigenvalue weighted by molar-refractivity contribution is -0.154. The largest absolute Gasteiger partial charge is 0.390 e. The van der Waals surface area contributed by atoms with Gasteiger partial charge in [0.1, 0.15) is 0 Å². The Morgan fingerprint density at radius 2 is 1.77 bits per heavy atom. The molecule has 2 unspecified atom stereocenters. The van der Waals surface area contributed by atoms with Crippen LogP contribution in [0.3, 0.4) is 0 Å². The van der Waals surface area contributed by atoms with Crippen LogP contribution in [-0.4, -0.2) is 15.1 Å². The van der Waals surface area contributed by atoms with Gasteiger partial charge in [0.05, 0.1) is 5.60 Å². The molecule has 2 heteroatoms. The molecule has 0 saturated heterocycles. The Bertz CT molecular complexity index is 224. The molecule has 1 N–H and O–H groups in total. The molecule has 0 radical (unpaired) electrons. The second-order valence-electron chi connectivity index (χ2n) is 5.82. The summed E-state index contributed by atoms with van der Waals surface area (Å²) in [5.41, 5.74) is 0.300. The van der Waals surface area contributed by atoms with Gasteiger partial charge in [-0.15, -0.1) is 0 Å². The van der Waals surface area contributed by atoms with Crippen molar-refractivity contribution in [2.75, 3.05) is 4.43 Å². The van der Waals surface area contributed by atoms with E-state index in [1.165, 1.54) is 23.7 Å². The van der Waals surface area contributed by atoms with Gasteiger partial charge in [0.15, 0.2) is 0 Å². The summed E-state index contributed by atoms with van der Waals surface area (Å²) in [6, 6.07) is 0. The first kappa shape index (κ1) is 8.96. The van der Waals surface area contributed by atoms with E-state index in [0.717, 1.165) is 31.1 Å². The maximum Gasteiger partial charge on any atom is 0.0658 e.